The molecule has 3 rings (SSSR count). The van der Waals surface area contributed by atoms with Crippen molar-refractivity contribution in [1.29, 1.82) is 0 Å². The number of nitrogens with one attached hydrogen (secondary N) is 1. The summed E-state index contributed by atoms with van der Waals surface area (Å²) < 4.78 is 0. The number of aliphatic imine (C=N–C) groups is 1. The van der Waals surface area contributed by atoms with Gasteiger partial charge < -0.3 is 5.32 Å². The maximum Gasteiger partial charge on any atom is 0.148 e. The van der Waals surface area contributed by atoms with Gasteiger partial charge in [0.2, 0.25) is 0 Å². The van der Waals surface area contributed by atoms with E-state index in [1.165, 1.54) is 5.04 Å². The first-order valence-electron chi connectivity index (χ1n) is 6.52. The molecule has 2 atom stereocenters. The third-order valence-corrected chi connectivity index (χ3v) is 5.07. The Balaban J connectivity index is 1.59. The van der Waals surface area contributed by atoms with Gasteiger partial charge in [-0.1, -0.05) is 11.8 Å². The van der Waals surface area contributed by atoms with Crippen LogP contribution in [0.25, 0.3) is 0 Å². The highest BCUT2D eigenvalue weighted by Gasteiger charge is 2.38. The van der Waals surface area contributed by atoms with Gasteiger partial charge in [-0.25, -0.2) is 0 Å². The first kappa shape index (κ1) is 11.7. The van der Waals surface area contributed by atoms with Gasteiger partial charge in [0.15, 0.2) is 0 Å². The van der Waals surface area contributed by atoms with Crippen molar-refractivity contribution < 1.29 is 4.79 Å². The molecule has 0 spiro atoms. The van der Waals surface area contributed by atoms with E-state index in [1.54, 1.807) is 11.8 Å². The number of carbonyl (C=O) groups excluding carboxylic acids is 1. The number of nitrogens with zero attached hydrogens (tertiary/aromatic N) is 2. The average Bonchev–Trinajstić information content (AvgIpc) is 2.74. The number of ketones is 1. The SMILES string of the molecule is O=C1CCC[C@@H]2N=C(CN3CCNCC3)S[C@H]12. The van der Waals surface area contributed by atoms with Gasteiger partial charge in [0.1, 0.15) is 5.78 Å². The Morgan fingerprint density at radius 1 is 1.41 bits per heavy atom. The minimum atomic E-state index is 0.154. The molecule has 1 N–H and O–H groups in total. The Morgan fingerprint density at radius 2 is 2.24 bits per heavy atom. The molecule has 0 aromatic rings. The summed E-state index contributed by atoms with van der Waals surface area (Å²) in [6, 6.07) is 0.291. The van der Waals surface area contributed by atoms with Gasteiger partial charge in [-0.3, -0.25) is 14.7 Å². The minimum absolute atomic E-state index is 0.154. The van der Waals surface area contributed by atoms with Crippen molar-refractivity contribution in [2.75, 3.05) is 32.7 Å². The Labute approximate surface area is 106 Å². The van der Waals surface area contributed by atoms with Crippen LogP contribution in [0.2, 0.25) is 0 Å². The van der Waals surface area contributed by atoms with Crippen molar-refractivity contribution in [2.45, 2.75) is 30.6 Å². The molecule has 17 heavy (non-hydrogen) atoms. The van der Waals surface area contributed by atoms with Crippen LogP contribution in [0.4, 0.5) is 0 Å². The maximum absolute atomic E-state index is 11.8. The van der Waals surface area contributed by atoms with E-state index in [-0.39, 0.29) is 5.25 Å². The van der Waals surface area contributed by atoms with Crippen molar-refractivity contribution in [1.82, 2.24) is 10.2 Å². The van der Waals surface area contributed by atoms with Crippen molar-refractivity contribution in [3.05, 3.63) is 0 Å². The second kappa shape index (κ2) is 5.08. The summed E-state index contributed by atoms with van der Waals surface area (Å²) in [5.74, 6) is 0.422. The molecular formula is C12H19N3OS. The summed E-state index contributed by atoms with van der Waals surface area (Å²) in [4.78, 5) is 19.0. The summed E-state index contributed by atoms with van der Waals surface area (Å²) in [5, 5.41) is 4.70. The Morgan fingerprint density at radius 3 is 3.00 bits per heavy atom. The Kier molecular flexibility index (Phi) is 3.49. The number of thioether (sulfide) groups is 1. The van der Waals surface area contributed by atoms with E-state index in [2.05, 4.69) is 10.2 Å². The minimum Gasteiger partial charge on any atom is -0.314 e. The molecule has 2 aliphatic heterocycles. The molecule has 94 valence electrons. The molecule has 0 unspecified atom stereocenters. The quantitative estimate of drug-likeness (QED) is 0.779. The molecule has 0 bridgehead atoms. The zero-order valence-electron chi connectivity index (χ0n) is 10.0. The molecular weight excluding hydrogens is 234 g/mol. The van der Waals surface area contributed by atoms with Gasteiger partial charge in [-0.2, -0.15) is 0 Å². The summed E-state index contributed by atoms with van der Waals surface area (Å²) in [6.45, 7) is 5.30. The lowest BCUT2D eigenvalue weighted by molar-refractivity contribution is -0.119. The van der Waals surface area contributed by atoms with Crippen molar-refractivity contribution in [2.24, 2.45) is 4.99 Å². The molecule has 2 heterocycles. The zero-order valence-corrected chi connectivity index (χ0v) is 10.8. The van der Waals surface area contributed by atoms with E-state index in [0.717, 1.165) is 52.0 Å². The van der Waals surface area contributed by atoms with Crippen molar-refractivity contribution >= 4 is 22.6 Å². The third kappa shape index (κ3) is 2.56. The van der Waals surface area contributed by atoms with E-state index in [1.807, 2.05) is 0 Å². The van der Waals surface area contributed by atoms with Gasteiger partial charge in [-0.15, -0.1) is 0 Å². The lowest BCUT2D eigenvalue weighted by Crippen LogP contribution is -2.45. The predicted octanol–water partition coefficient (Wildman–Crippen LogP) is 0.527. The van der Waals surface area contributed by atoms with Gasteiger partial charge in [0, 0.05) is 39.1 Å². The first-order chi connectivity index (χ1) is 8.33. The molecule has 5 heteroatoms. The summed E-state index contributed by atoms with van der Waals surface area (Å²) in [7, 11) is 0. The van der Waals surface area contributed by atoms with Gasteiger partial charge in [-0.05, 0) is 12.8 Å². The number of piperazine rings is 1. The van der Waals surface area contributed by atoms with Crippen molar-refractivity contribution in [3.8, 4) is 0 Å². The second-order valence-corrected chi connectivity index (χ2v) is 6.23. The van der Waals surface area contributed by atoms with Crippen LogP contribution in [0.1, 0.15) is 19.3 Å². The van der Waals surface area contributed by atoms with Gasteiger partial charge >= 0.3 is 0 Å². The van der Waals surface area contributed by atoms with Crippen LogP contribution in [0, 0.1) is 0 Å². The molecule has 0 aromatic carbocycles. The predicted molar refractivity (Wildman–Crippen MR) is 70.8 cm³/mol. The highest BCUT2D eigenvalue weighted by Crippen LogP contribution is 2.35. The molecule has 2 fully saturated rings. The molecule has 3 aliphatic rings. The van der Waals surface area contributed by atoms with Crippen LogP contribution >= 0.6 is 11.8 Å². The fraction of sp³-hybridized carbons (Fsp3) is 0.833. The number of fused-ring (bicyclic) bond motifs is 1. The normalized spacial score (nSPS) is 34.6. The molecule has 0 radical (unpaired) electrons. The summed E-state index contributed by atoms with van der Waals surface area (Å²) in [6.07, 6.45) is 2.91. The highest BCUT2D eigenvalue weighted by molar-refractivity contribution is 8.15. The smallest absolute Gasteiger partial charge is 0.148 e. The van der Waals surface area contributed by atoms with E-state index in [9.17, 15) is 4.79 Å². The van der Waals surface area contributed by atoms with E-state index < -0.39 is 0 Å². The van der Waals surface area contributed by atoms with Crippen LogP contribution in [-0.2, 0) is 4.79 Å². The summed E-state index contributed by atoms with van der Waals surface area (Å²) in [5.41, 5.74) is 0. The van der Waals surface area contributed by atoms with Crippen LogP contribution in [0.15, 0.2) is 4.99 Å². The standard InChI is InChI=1S/C12H19N3OS/c16-10-3-1-2-9-12(10)17-11(14-9)8-15-6-4-13-5-7-15/h9,12-13H,1-8H2/t9-,12-/m0/s1. The highest BCUT2D eigenvalue weighted by atomic mass is 32.2. The monoisotopic (exact) mass is 253 g/mol. The molecule has 1 saturated carbocycles. The maximum atomic E-state index is 11.8. The number of hydrogen-bond donors (Lipinski definition) is 1. The zero-order chi connectivity index (χ0) is 11.7. The molecule has 1 saturated heterocycles. The fourth-order valence-corrected chi connectivity index (χ4v) is 4.12. The van der Waals surface area contributed by atoms with E-state index in [0.29, 0.717) is 11.8 Å². The molecule has 4 nitrogen and oxygen atoms in total. The number of carbonyl (C=O) groups is 1. The van der Waals surface area contributed by atoms with Crippen molar-refractivity contribution in [3.63, 3.8) is 0 Å². The van der Waals surface area contributed by atoms with Crippen LogP contribution in [-0.4, -0.2) is 59.7 Å². The number of rotatable bonds is 2. The molecule has 0 amide bonds. The fourth-order valence-electron chi connectivity index (χ4n) is 2.77. The number of Topliss-reactive ketones (excluding diaryl/α,β-unsaturated/α-hetero) is 1. The van der Waals surface area contributed by atoms with Crippen LogP contribution < -0.4 is 5.32 Å². The largest absolute Gasteiger partial charge is 0.314 e. The summed E-state index contributed by atoms with van der Waals surface area (Å²) >= 11 is 1.73. The van der Waals surface area contributed by atoms with Crippen LogP contribution in [0.3, 0.4) is 0 Å². The van der Waals surface area contributed by atoms with Gasteiger partial charge in [0.05, 0.1) is 16.3 Å². The van der Waals surface area contributed by atoms with Crippen LogP contribution in [0.5, 0.6) is 0 Å². The van der Waals surface area contributed by atoms with Gasteiger partial charge in [0.25, 0.3) is 0 Å². The van der Waals surface area contributed by atoms with E-state index >= 15 is 0 Å². The molecule has 1 aliphatic carbocycles. The third-order valence-electron chi connectivity index (χ3n) is 3.73. The second-order valence-electron chi connectivity index (χ2n) is 5.01. The Hall–Kier alpha value is -0.390. The average molecular weight is 253 g/mol. The first-order valence-corrected chi connectivity index (χ1v) is 7.40. The number of hydrogen-bond acceptors (Lipinski definition) is 5. The molecule has 0 aromatic heterocycles. The lowest BCUT2D eigenvalue weighted by atomic mass is 9.94. The topological polar surface area (TPSA) is 44.7 Å². The Bertz CT molecular complexity index is 339. The lowest BCUT2D eigenvalue weighted by Gasteiger charge is -2.26. The van der Waals surface area contributed by atoms with E-state index in [4.69, 9.17) is 4.99 Å².